The largest absolute Gasteiger partial charge is 0.487 e. The Bertz CT molecular complexity index is 897. The molecule has 4 heteroatoms. The van der Waals surface area contributed by atoms with Crippen molar-refractivity contribution in [3.63, 3.8) is 0 Å². The molecule has 0 unspecified atom stereocenters. The van der Waals surface area contributed by atoms with Gasteiger partial charge in [0.1, 0.15) is 18.0 Å². The minimum atomic E-state index is -0.0899. The van der Waals surface area contributed by atoms with Gasteiger partial charge in [0.2, 0.25) is 0 Å². The normalized spacial score (nSPS) is 10.9. The molecule has 0 fully saturated rings. The molecular weight excluding hydrogens is 276 g/mol. The first kappa shape index (κ1) is 14.3. The summed E-state index contributed by atoms with van der Waals surface area (Å²) in [6.45, 7) is 6.28. The highest BCUT2D eigenvalue weighted by molar-refractivity contribution is 5.40. The first-order valence-electron chi connectivity index (χ1n) is 7.22. The van der Waals surface area contributed by atoms with E-state index in [4.69, 9.17) is 4.74 Å². The van der Waals surface area contributed by atoms with Gasteiger partial charge in [-0.3, -0.25) is 9.20 Å². The van der Waals surface area contributed by atoms with Crippen molar-refractivity contribution in [2.24, 2.45) is 0 Å². The average molecular weight is 294 g/mol. The lowest BCUT2D eigenvalue weighted by molar-refractivity contribution is 0.299. The molecule has 0 atom stereocenters. The molecule has 22 heavy (non-hydrogen) atoms. The zero-order valence-electron chi connectivity index (χ0n) is 13.0. The topological polar surface area (TPSA) is 43.6 Å². The highest BCUT2D eigenvalue weighted by Crippen LogP contribution is 2.19. The van der Waals surface area contributed by atoms with Crippen LogP contribution in [0.5, 0.6) is 5.75 Å². The van der Waals surface area contributed by atoms with E-state index in [9.17, 15) is 4.79 Å². The second-order valence-corrected chi connectivity index (χ2v) is 5.58. The van der Waals surface area contributed by atoms with E-state index < -0.39 is 0 Å². The fourth-order valence-electron chi connectivity index (χ4n) is 2.45. The molecular formula is C18H18N2O2. The van der Waals surface area contributed by atoms with E-state index >= 15 is 0 Å². The van der Waals surface area contributed by atoms with Crippen LogP contribution in [0.1, 0.15) is 22.4 Å². The maximum absolute atomic E-state index is 12.1. The predicted molar refractivity (Wildman–Crippen MR) is 86.4 cm³/mol. The monoisotopic (exact) mass is 294 g/mol. The summed E-state index contributed by atoms with van der Waals surface area (Å²) in [6, 6.07) is 11.3. The van der Waals surface area contributed by atoms with Gasteiger partial charge < -0.3 is 4.74 Å². The molecule has 0 radical (unpaired) electrons. The van der Waals surface area contributed by atoms with Crippen LogP contribution in [0.3, 0.4) is 0 Å². The smallest absolute Gasteiger partial charge is 0.258 e. The zero-order valence-corrected chi connectivity index (χ0v) is 13.0. The van der Waals surface area contributed by atoms with Gasteiger partial charge in [0.15, 0.2) is 0 Å². The maximum Gasteiger partial charge on any atom is 0.258 e. The maximum atomic E-state index is 12.1. The van der Waals surface area contributed by atoms with E-state index in [1.807, 2.05) is 45.0 Å². The molecule has 0 bridgehead atoms. The van der Waals surface area contributed by atoms with Gasteiger partial charge >= 0.3 is 0 Å². The van der Waals surface area contributed by atoms with Crippen LogP contribution < -0.4 is 10.3 Å². The molecule has 0 aliphatic rings. The van der Waals surface area contributed by atoms with Gasteiger partial charge in [-0.05, 0) is 44.0 Å². The number of aryl methyl sites for hydroxylation is 3. The quantitative estimate of drug-likeness (QED) is 0.745. The van der Waals surface area contributed by atoms with Crippen molar-refractivity contribution >= 4 is 5.65 Å². The van der Waals surface area contributed by atoms with Crippen molar-refractivity contribution in [2.75, 3.05) is 0 Å². The average Bonchev–Trinajstić information content (AvgIpc) is 2.47. The standard InChI is InChI=1S/C18H18N2O2/c1-12-4-6-16(14(3)8-12)22-11-15-9-18(21)20-10-13(2)5-7-17(20)19-15/h4-10H,11H2,1-3H3. The molecule has 4 nitrogen and oxygen atoms in total. The van der Waals surface area contributed by atoms with E-state index in [1.54, 1.807) is 10.6 Å². The lowest BCUT2D eigenvalue weighted by Gasteiger charge is -2.10. The van der Waals surface area contributed by atoms with Crippen molar-refractivity contribution in [1.82, 2.24) is 9.38 Å². The third-order valence-electron chi connectivity index (χ3n) is 3.57. The van der Waals surface area contributed by atoms with E-state index in [0.29, 0.717) is 11.3 Å². The van der Waals surface area contributed by atoms with Crippen molar-refractivity contribution in [1.29, 1.82) is 0 Å². The van der Waals surface area contributed by atoms with Crippen LogP contribution in [0.4, 0.5) is 0 Å². The van der Waals surface area contributed by atoms with Crippen LogP contribution in [0.2, 0.25) is 0 Å². The van der Waals surface area contributed by atoms with Gasteiger partial charge in [-0.15, -0.1) is 0 Å². The number of hydrogen-bond acceptors (Lipinski definition) is 3. The Morgan fingerprint density at radius 1 is 1.05 bits per heavy atom. The van der Waals surface area contributed by atoms with Crippen molar-refractivity contribution < 1.29 is 4.74 Å². The molecule has 0 aliphatic carbocycles. The summed E-state index contributed by atoms with van der Waals surface area (Å²) in [4.78, 5) is 16.6. The molecule has 1 aromatic carbocycles. The highest BCUT2D eigenvalue weighted by atomic mass is 16.5. The van der Waals surface area contributed by atoms with Gasteiger partial charge in [0.05, 0.1) is 5.69 Å². The van der Waals surface area contributed by atoms with Crippen LogP contribution in [0.15, 0.2) is 47.4 Å². The summed E-state index contributed by atoms with van der Waals surface area (Å²) in [6.07, 6.45) is 1.79. The second-order valence-electron chi connectivity index (χ2n) is 5.58. The van der Waals surface area contributed by atoms with Gasteiger partial charge in [-0.25, -0.2) is 4.98 Å². The first-order valence-corrected chi connectivity index (χ1v) is 7.22. The van der Waals surface area contributed by atoms with Crippen molar-refractivity contribution in [2.45, 2.75) is 27.4 Å². The number of aromatic nitrogens is 2. The Morgan fingerprint density at radius 3 is 2.59 bits per heavy atom. The van der Waals surface area contributed by atoms with Crippen LogP contribution in [-0.2, 0) is 6.61 Å². The number of pyridine rings is 1. The number of benzene rings is 1. The lowest BCUT2D eigenvalue weighted by atomic mass is 10.1. The van der Waals surface area contributed by atoms with Crippen LogP contribution >= 0.6 is 0 Å². The SMILES string of the molecule is Cc1ccc(OCc2cc(=O)n3cc(C)ccc3n2)c(C)c1. The number of hydrogen-bond donors (Lipinski definition) is 0. The van der Waals surface area contributed by atoms with E-state index in [1.165, 1.54) is 11.6 Å². The van der Waals surface area contributed by atoms with Gasteiger partial charge in [-0.2, -0.15) is 0 Å². The Morgan fingerprint density at radius 2 is 1.82 bits per heavy atom. The fourth-order valence-corrected chi connectivity index (χ4v) is 2.45. The summed E-state index contributed by atoms with van der Waals surface area (Å²) in [5.41, 5.74) is 4.48. The Labute approximate surface area is 129 Å². The molecule has 0 spiro atoms. The number of rotatable bonds is 3. The summed E-state index contributed by atoms with van der Waals surface area (Å²) < 4.78 is 7.35. The van der Waals surface area contributed by atoms with Gasteiger partial charge in [0.25, 0.3) is 5.56 Å². The minimum Gasteiger partial charge on any atom is -0.487 e. The van der Waals surface area contributed by atoms with E-state index in [2.05, 4.69) is 11.1 Å². The first-order chi connectivity index (χ1) is 10.5. The molecule has 3 aromatic rings. The summed E-state index contributed by atoms with van der Waals surface area (Å²) in [5.74, 6) is 0.816. The highest BCUT2D eigenvalue weighted by Gasteiger charge is 2.05. The van der Waals surface area contributed by atoms with Crippen LogP contribution in [0, 0.1) is 20.8 Å². The van der Waals surface area contributed by atoms with E-state index in [-0.39, 0.29) is 12.2 Å². The summed E-state index contributed by atoms with van der Waals surface area (Å²) in [7, 11) is 0. The molecule has 0 saturated carbocycles. The predicted octanol–water partition coefficient (Wildman–Crippen LogP) is 3.20. The number of nitrogens with zero attached hydrogens (tertiary/aromatic N) is 2. The van der Waals surface area contributed by atoms with Gasteiger partial charge in [0, 0.05) is 12.3 Å². The Balaban J connectivity index is 1.88. The van der Waals surface area contributed by atoms with Crippen molar-refractivity contribution in [3.8, 4) is 5.75 Å². The molecule has 0 N–H and O–H groups in total. The van der Waals surface area contributed by atoms with Gasteiger partial charge in [-0.1, -0.05) is 23.8 Å². The summed E-state index contributed by atoms with van der Waals surface area (Å²) >= 11 is 0. The van der Waals surface area contributed by atoms with Crippen LogP contribution in [0.25, 0.3) is 5.65 Å². The Hall–Kier alpha value is -2.62. The minimum absolute atomic E-state index is 0.0899. The molecule has 2 aromatic heterocycles. The van der Waals surface area contributed by atoms with Crippen molar-refractivity contribution in [3.05, 3.63) is 75.3 Å². The molecule has 0 amide bonds. The molecule has 112 valence electrons. The molecule has 2 heterocycles. The zero-order chi connectivity index (χ0) is 15.7. The second kappa shape index (κ2) is 5.64. The molecule has 3 rings (SSSR count). The Kier molecular flexibility index (Phi) is 3.67. The third-order valence-corrected chi connectivity index (χ3v) is 3.57. The van der Waals surface area contributed by atoms with E-state index in [0.717, 1.165) is 16.9 Å². The third kappa shape index (κ3) is 2.86. The lowest BCUT2D eigenvalue weighted by Crippen LogP contribution is -2.16. The fraction of sp³-hybridized carbons (Fsp3) is 0.222. The number of fused-ring (bicyclic) bond motifs is 1. The summed E-state index contributed by atoms with van der Waals surface area (Å²) in [5, 5.41) is 0. The molecule has 0 saturated heterocycles. The molecule has 0 aliphatic heterocycles. The van der Waals surface area contributed by atoms with Crippen LogP contribution in [-0.4, -0.2) is 9.38 Å². The number of ether oxygens (including phenoxy) is 1.